The summed E-state index contributed by atoms with van der Waals surface area (Å²) in [5.41, 5.74) is 0.199. The highest BCUT2D eigenvalue weighted by Gasteiger charge is 2.28. The Morgan fingerprint density at radius 2 is 1.71 bits per heavy atom. The Bertz CT molecular complexity index is 1010. The molecule has 0 amide bonds. The van der Waals surface area contributed by atoms with Gasteiger partial charge in [-0.05, 0) is 17.5 Å². The number of ketones is 1. The summed E-state index contributed by atoms with van der Waals surface area (Å²) in [5, 5.41) is 6.61. The van der Waals surface area contributed by atoms with Gasteiger partial charge in [-0.15, -0.1) is 11.3 Å². The topological polar surface area (TPSA) is 131 Å². The smallest absolute Gasteiger partial charge is 0.338 e. The average molecular weight is 429 g/mol. The van der Waals surface area contributed by atoms with Crippen molar-refractivity contribution in [2.75, 3.05) is 28.4 Å². The summed E-state index contributed by atoms with van der Waals surface area (Å²) >= 11 is 0.933. The summed E-state index contributed by atoms with van der Waals surface area (Å²) in [7, 11) is 1.21. The van der Waals surface area contributed by atoms with Crippen molar-refractivity contribution in [2.24, 2.45) is 5.14 Å². The maximum Gasteiger partial charge on any atom is 0.338 e. The minimum atomic E-state index is -4.08. The van der Waals surface area contributed by atoms with Crippen molar-refractivity contribution in [3.63, 3.8) is 0 Å². The third kappa shape index (κ3) is 4.11. The Kier molecular flexibility index (Phi) is 6.65. The lowest BCUT2D eigenvalue weighted by Gasteiger charge is -2.18. The van der Waals surface area contributed by atoms with Gasteiger partial charge in [0, 0.05) is 12.0 Å². The second kappa shape index (κ2) is 8.59. The molecule has 152 valence electrons. The predicted molar refractivity (Wildman–Crippen MR) is 101 cm³/mol. The lowest BCUT2D eigenvalue weighted by molar-refractivity contribution is 0.0598. The number of thiophene rings is 1. The molecule has 0 aliphatic heterocycles. The van der Waals surface area contributed by atoms with Crippen molar-refractivity contribution in [2.45, 2.75) is 11.3 Å². The van der Waals surface area contributed by atoms with Crippen LogP contribution in [0.2, 0.25) is 0 Å². The number of carbonyl (C=O) groups is 2. The van der Waals surface area contributed by atoms with Gasteiger partial charge in [-0.25, -0.2) is 18.4 Å². The summed E-state index contributed by atoms with van der Waals surface area (Å²) in [4.78, 5) is 24.8. The summed E-state index contributed by atoms with van der Waals surface area (Å²) in [6.07, 6.45) is -0.350. The summed E-state index contributed by atoms with van der Waals surface area (Å²) in [5.74, 6) is -0.797. The summed E-state index contributed by atoms with van der Waals surface area (Å²) in [6.45, 7) is 0. The van der Waals surface area contributed by atoms with Crippen LogP contribution in [0.3, 0.4) is 0 Å². The van der Waals surface area contributed by atoms with Crippen LogP contribution in [0.1, 0.15) is 25.6 Å². The van der Waals surface area contributed by atoms with Crippen LogP contribution >= 0.6 is 11.3 Å². The first-order valence-corrected chi connectivity index (χ1v) is 10.2. The van der Waals surface area contributed by atoms with Gasteiger partial charge in [0.05, 0.1) is 38.9 Å². The molecule has 0 saturated carbocycles. The molecule has 0 saturated heterocycles. The van der Waals surface area contributed by atoms with Crippen molar-refractivity contribution in [3.05, 3.63) is 33.5 Å². The monoisotopic (exact) mass is 429 g/mol. The van der Waals surface area contributed by atoms with Crippen LogP contribution in [-0.2, 0) is 21.2 Å². The summed E-state index contributed by atoms with van der Waals surface area (Å²) in [6, 6.07) is 2.62. The molecular weight excluding hydrogens is 410 g/mol. The van der Waals surface area contributed by atoms with E-state index in [0.717, 1.165) is 11.3 Å². The number of hydrogen-bond acceptors (Lipinski definition) is 9. The first-order chi connectivity index (χ1) is 13.2. The van der Waals surface area contributed by atoms with E-state index in [2.05, 4.69) is 0 Å². The second-order valence-electron chi connectivity index (χ2n) is 5.42. The maximum atomic E-state index is 12.8. The largest absolute Gasteiger partial charge is 0.493 e. The van der Waals surface area contributed by atoms with Crippen molar-refractivity contribution in [3.8, 4) is 17.2 Å². The van der Waals surface area contributed by atoms with E-state index in [-0.39, 0.29) is 44.6 Å². The van der Waals surface area contributed by atoms with E-state index in [1.54, 1.807) is 0 Å². The third-order valence-corrected chi connectivity index (χ3v) is 5.90. The minimum Gasteiger partial charge on any atom is -0.493 e. The van der Waals surface area contributed by atoms with E-state index >= 15 is 0 Å². The number of nitrogens with two attached hydrogens (primary N) is 1. The molecule has 11 heteroatoms. The molecule has 9 nitrogen and oxygen atoms in total. The maximum absolute atomic E-state index is 12.8. The molecule has 0 atom stereocenters. The van der Waals surface area contributed by atoms with Gasteiger partial charge < -0.3 is 18.9 Å². The Balaban J connectivity index is 2.65. The zero-order valence-corrected chi connectivity index (χ0v) is 17.2. The zero-order valence-electron chi connectivity index (χ0n) is 15.6. The first-order valence-electron chi connectivity index (χ1n) is 7.73. The fraction of sp³-hybridized carbons (Fsp3) is 0.294. The Hall–Kier alpha value is -2.63. The number of Topliss-reactive ketones (excluding diaryl/α,β-unsaturated/α-hetero) is 1. The molecule has 0 unspecified atom stereocenters. The fourth-order valence-corrected chi connectivity index (χ4v) is 4.59. The van der Waals surface area contributed by atoms with Crippen LogP contribution in [0.4, 0.5) is 0 Å². The van der Waals surface area contributed by atoms with Crippen LogP contribution in [0.15, 0.2) is 22.4 Å². The number of hydrogen-bond donors (Lipinski definition) is 1. The molecule has 0 fully saturated rings. The predicted octanol–water partition coefficient (Wildman–Crippen LogP) is 1.63. The Morgan fingerprint density at radius 3 is 2.21 bits per heavy atom. The van der Waals surface area contributed by atoms with Gasteiger partial charge in [0.2, 0.25) is 15.8 Å². The number of methoxy groups -OCH3 is 4. The number of rotatable bonds is 8. The normalized spacial score (nSPS) is 11.0. The number of primary sulfonamides is 1. The molecule has 0 aliphatic carbocycles. The van der Waals surface area contributed by atoms with Crippen LogP contribution in [0.5, 0.6) is 17.2 Å². The van der Waals surface area contributed by atoms with Gasteiger partial charge in [0.25, 0.3) is 0 Å². The minimum absolute atomic E-state index is 0.0269. The SMILES string of the molecule is COC(=O)c1cc(OC)c(OC)c(OC)c1CC(=O)c1sccc1S(N)(=O)=O. The van der Waals surface area contributed by atoms with Gasteiger partial charge in [-0.2, -0.15) is 0 Å². The van der Waals surface area contributed by atoms with Crippen molar-refractivity contribution < 1.29 is 37.0 Å². The number of benzene rings is 1. The highest BCUT2D eigenvalue weighted by molar-refractivity contribution is 7.89. The molecule has 1 aromatic carbocycles. The third-order valence-electron chi connectivity index (χ3n) is 3.86. The number of ether oxygens (including phenoxy) is 4. The Labute approximate surface area is 166 Å². The van der Waals surface area contributed by atoms with Crippen LogP contribution in [0.25, 0.3) is 0 Å². The van der Waals surface area contributed by atoms with E-state index < -0.39 is 21.8 Å². The van der Waals surface area contributed by atoms with E-state index in [4.69, 9.17) is 24.1 Å². The average Bonchev–Trinajstić information content (AvgIpc) is 3.17. The molecule has 0 radical (unpaired) electrons. The molecule has 2 N–H and O–H groups in total. The number of sulfonamides is 1. The highest BCUT2D eigenvalue weighted by Crippen LogP contribution is 2.43. The van der Waals surface area contributed by atoms with Crippen LogP contribution < -0.4 is 19.3 Å². The zero-order chi connectivity index (χ0) is 21.1. The van der Waals surface area contributed by atoms with Gasteiger partial charge in [0.15, 0.2) is 17.3 Å². The van der Waals surface area contributed by atoms with Gasteiger partial charge >= 0.3 is 5.97 Å². The highest BCUT2D eigenvalue weighted by atomic mass is 32.2. The van der Waals surface area contributed by atoms with Gasteiger partial charge in [0.1, 0.15) is 4.90 Å². The van der Waals surface area contributed by atoms with Crippen molar-refractivity contribution >= 4 is 33.1 Å². The van der Waals surface area contributed by atoms with Gasteiger partial charge in [-0.1, -0.05) is 0 Å². The molecule has 2 rings (SSSR count). The van der Waals surface area contributed by atoms with E-state index in [9.17, 15) is 18.0 Å². The van der Waals surface area contributed by atoms with Crippen LogP contribution in [-0.4, -0.2) is 48.6 Å². The molecule has 0 aliphatic rings. The van der Waals surface area contributed by atoms with Crippen LogP contribution in [0, 0.1) is 0 Å². The number of carbonyl (C=O) groups excluding carboxylic acids is 2. The van der Waals surface area contributed by atoms with E-state index in [1.807, 2.05) is 0 Å². The molecule has 0 spiro atoms. The molecule has 1 heterocycles. The fourth-order valence-electron chi connectivity index (χ4n) is 2.65. The standard InChI is InChI=1S/C17H19NO8S2/c1-23-12-8-10(17(20)26-4)9(14(24-2)15(12)25-3)7-11(19)16-13(5-6-27-16)28(18,21)22/h5-6,8H,7H2,1-4H3,(H2,18,21,22). The van der Waals surface area contributed by atoms with Gasteiger partial charge in [-0.3, -0.25) is 4.79 Å². The molecular formula is C17H19NO8S2. The lowest BCUT2D eigenvalue weighted by atomic mass is 9.99. The quantitative estimate of drug-likeness (QED) is 0.495. The molecule has 28 heavy (non-hydrogen) atoms. The Morgan fingerprint density at radius 1 is 1.07 bits per heavy atom. The number of esters is 1. The lowest BCUT2D eigenvalue weighted by Crippen LogP contribution is -2.17. The molecule has 1 aromatic heterocycles. The molecule has 0 bridgehead atoms. The first kappa shape index (κ1) is 21.7. The second-order valence-corrected chi connectivity index (χ2v) is 7.87. The van der Waals surface area contributed by atoms with E-state index in [0.29, 0.717) is 0 Å². The van der Waals surface area contributed by atoms with E-state index in [1.165, 1.54) is 46.0 Å². The summed E-state index contributed by atoms with van der Waals surface area (Å²) < 4.78 is 44.0. The van der Waals surface area contributed by atoms with Crippen molar-refractivity contribution in [1.82, 2.24) is 0 Å². The molecule has 2 aromatic rings. The van der Waals surface area contributed by atoms with Crippen molar-refractivity contribution in [1.29, 1.82) is 0 Å².